The van der Waals surface area contributed by atoms with E-state index in [1.54, 1.807) is 12.1 Å². The van der Waals surface area contributed by atoms with Gasteiger partial charge in [0.25, 0.3) is 0 Å². The fourth-order valence-electron chi connectivity index (χ4n) is 4.08. The smallest absolute Gasteiger partial charge is 0.414 e. The zero-order valence-electron chi connectivity index (χ0n) is 14.1. The van der Waals surface area contributed by atoms with Crippen molar-refractivity contribution in [2.45, 2.75) is 18.9 Å². The molecule has 2 saturated heterocycles. The summed E-state index contributed by atoms with van der Waals surface area (Å²) in [5, 5.41) is 0. The molecule has 8 heteroatoms. The standard InChI is InChI=1S/C18H20FN3O4/c19-15-5-10(22-6-11(26-18(22)25)2-4-17(20)24)1-3-16(15)21-7-12-13(8-21)14(12)9-23/h1,3,5,9,11-14H,2,4,6-8H2,(H2,20,24)/t11-,12?,13?,14?/m0/s1. The minimum Gasteiger partial charge on any atom is -0.444 e. The van der Waals surface area contributed by atoms with Crippen molar-refractivity contribution in [2.75, 3.05) is 29.4 Å². The monoisotopic (exact) mass is 361 g/mol. The van der Waals surface area contributed by atoms with Crippen molar-refractivity contribution in [1.82, 2.24) is 0 Å². The van der Waals surface area contributed by atoms with Crippen molar-refractivity contribution in [3.05, 3.63) is 24.0 Å². The quantitative estimate of drug-likeness (QED) is 0.771. The molecular weight excluding hydrogens is 341 g/mol. The van der Waals surface area contributed by atoms with Gasteiger partial charge in [-0.25, -0.2) is 9.18 Å². The van der Waals surface area contributed by atoms with E-state index in [-0.39, 0.29) is 18.9 Å². The van der Waals surface area contributed by atoms with Crippen molar-refractivity contribution in [2.24, 2.45) is 23.5 Å². The number of halogens is 1. The fraction of sp³-hybridized carbons (Fsp3) is 0.500. The van der Waals surface area contributed by atoms with Crippen LogP contribution in [0.25, 0.3) is 0 Å². The van der Waals surface area contributed by atoms with Gasteiger partial charge >= 0.3 is 6.09 Å². The molecule has 0 aromatic heterocycles. The molecule has 4 rings (SSSR count). The molecule has 0 radical (unpaired) electrons. The number of piperidine rings is 1. The molecule has 138 valence electrons. The Bertz CT molecular complexity index is 759. The SMILES string of the molecule is NC(=O)CC[C@H]1CN(c2ccc(N3CC4C(C=O)C4C3)c(F)c2)C(=O)O1. The minimum absolute atomic E-state index is 0.130. The summed E-state index contributed by atoms with van der Waals surface area (Å²) in [6.07, 6.45) is 0.511. The van der Waals surface area contributed by atoms with Crippen LogP contribution in [0.2, 0.25) is 0 Å². The number of primary amides is 1. The van der Waals surface area contributed by atoms with Crippen LogP contribution in [-0.4, -0.2) is 44.0 Å². The predicted molar refractivity (Wildman–Crippen MR) is 91.2 cm³/mol. The molecule has 26 heavy (non-hydrogen) atoms. The second-order valence-corrected chi connectivity index (χ2v) is 7.20. The lowest BCUT2D eigenvalue weighted by Crippen LogP contribution is -2.27. The lowest BCUT2D eigenvalue weighted by Gasteiger charge is -2.23. The van der Waals surface area contributed by atoms with Gasteiger partial charge in [-0.1, -0.05) is 0 Å². The van der Waals surface area contributed by atoms with Crippen molar-refractivity contribution in [1.29, 1.82) is 0 Å². The maximum atomic E-state index is 14.6. The van der Waals surface area contributed by atoms with E-state index in [0.29, 0.717) is 42.7 Å². The number of cyclic esters (lactones) is 1. The summed E-state index contributed by atoms with van der Waals surface area (Å²) in [5.74, 6) is -0.0437. The molecule has 1 saturated carbocycles. The van der Waals surface area contributed by atoms with Crippen molar-refractivity contribution < 1.29 is 23.5 Å². The summed E-state index contributed by atoms with van der Waals surface area (Å²) in [6, 6.07) is 4.68. The molecule has 2 heterocycles. The number of carbonyl (C=O) groups is 3. The average Bonchev–Trinajstić information content (AvgIpc) is 2.93. The van der Waals surface area contributed by atoms with Gasteiger partial charge < -0.3 is 20.2 Å². The molecule has 1 aromatic carbocycles. The van der Waals surface area contributed by atoms with Gasteiger partial charge in [-0.05, 0) is 36.5 Å². The van der Waals surface area contributed by atoms with Crippen molar-refractivity contribution in [3.8, 4) is 0 Å². The zero-order chi connectivity index (χ0) is 18.4. The molecule has 2 aliphatic heterocycles. The van der Waals surface area contributed by atoms with E-state index in [4.69, 9.17) is 10.5 Å². The van der Waals surface area contributed by atoms with Crippen LogP contribution in [0, 0.1) is 23.6 Å². The molecule has 3 atom stereocenters. The lowest BCUT2D eigenvalue weighted by molar-refractivity contribution is -0.118. The molecule has 1 aliphatic carbocycles. The van der Waals surface area contributed by atoms with Crippen LogP contribution in [0.3, 0.4) is 0 Å². The largest absolute Gasteiger partial charge is 0.444 e. The summed E-state index contributed by atoms with van der Waals surface area (Å²) in [4.78, 5) is 37.0. The normalized spacial score (nSPS) is 29.5. The summed E-state index contributed by atoms with van der Waals surface area (Å²) in [6.45, 7) is 1.64. The number of fused-ring (bicyclic) bond motifs is 1. The maximum Gasteiger partial charge on any atom is 0.414 e. The van der Waals surface area contributed by atoms with Crippen LogP contribution < -0.4 is 15.5 Å². The number of aldehydes is 1. The van der Waals surface area contributed by atoms with Gasteiger partial charge in [0.2, 0.25) is 5.91 Å². The molecule has 3 aliphatic rings. The summed E-state index contributed by atoms with van der Waals surface area (Å²) >= 11 is 0. The Hall–Kier alpha value is -2.64. The molecule has 0 bridgehead atoms. The number of ether oxygens (including phenoxy) is 1. The molecule has 2 unspecified atom stereocenters. The summed E-state index contributed by atoms with van der Waals surface area (Å²) in [5.41, 5.74) is 6.02. The number of nitrogens with zero attached hydrogens (tertiary/aromatic N) is 2. The summed E-state index contributed by atoms with van der Waals surface area (Å²) in [7, 11) is 0. The Morgan fingerprint density at radius 1 is 1.31 bits per heavy atom. The first-order valence-corrected chi connectivity index (χ1v) is 8.74. The van der Waals surface area contributed by atoms with Gasteiger partial charge in [0.15, 0.2) is 0 Å². The lowest BCUT2D eigenvalue weighted by atomic mass is 10.1. The number of carbonyl (C=O) groups excluding carboxylic acids is 3. The van der Waals surface area contributed by atoms with Crippen LogP contribution in [0.5, 0.6) is 0 Å². The highest BCUT2D eigenvalue weighted by molar-refractivity contribution is 5.90. The van der Waals surface area contributed by atoms with E-state index in [1.165, 1.54) is 11.0 Å². The van der Waals surface area contributed by atoms with Crippen LogP contribution in [0.4, 0.5) is 20.6 Å². The second kappa shape index (κ2) is 6.26. The van der Waals surface area contributed by atoms with Crippen LogP contribution in [0.15, 0.2) is 18.2 Å². The van der Waals surface area contributed by atoms with Crippen LogP contribution in [0.1, 0.15) is 12.8 Å². The average molecular weight is 361 g/mol. The van der Waals surface area contributed by atoms with Gasteiger partial charge in [0.1, 0.15) is 18.2 Å². The number of amides is 2. The number of anilines is 2. The third kappa shape index (κ3) is 2.89. The Morgan fingerprint density at radius 3 is 2.65 bits per heavy atom. The predicted octanol–water partition coefficient (Wildman–Crippen LogP) is 1.30. The highest BCUT2D eigenvalue weighted by Gasteiger charge is 2.55. The van der Waals surface area contributed by atoms with Crippen molar-refractivity contribution >= 4 is 29.7 Å². The third-order valence-electron chi connectivity index (χ3n) is 5.59. The number of hydrogen-bond donors (Lipinski definition) is 1. The Morgan fingerprint density at radius 2 is 2.04 bits per heavy atom. The van der Waals surface area contributed by atoms with E-state index in [0.717, 1.165) is 6.29 Å². The van der Waals surface area contributed by atoms with E-state index in [2.05, 4.69) is 0 Å². The number of benzene rings is 1. The first kappa shape index (κ1) is 16.8. The highest BCUT2D eigenvalue weighted by Crippen LogP contribution is 2.51. The molecule has 7 nitrogen and oxygen atoms in total. The van der Waals surface area contributed by atoms with Gasteiger partial charge in [-0.15, -0.1) is 0 Å². The van der Waals surface area contributed by atoms with E-state index < -0.39 is 23.9 Å². The first-order valence-electron chi connectivity index (χ1n) is 8.74. The second-order valence-electron chi connectivity index (χ2n) is 7.20. The number of rotatable bonds is 6. The summed E-state index contributed by atoms with van der Waals surface area (Å²) < 4.78 is 19.8. The molecule has 0 spiro atoms. The van der Waals surface area contributed by atoms with Crippen LogP contribution >= 0.6 is 0 Å². The van der Waals surface area contributed by atoms with E-state index in [1.807, 2.05) is 4.90 Å². The number of hydrogen-bond acceptors (Lipinski definition) is 5. The van der Waals surface area contributed by atoms with Crippen LogP contribution in [-0.2, 0) is 14.3 Å². The van der Waals surface area contributed by atoms with Crippen molar-refractivity contribution in [3.63, 3.8) is 0 Å². The number of nitrogens with two attached hydrogens (primary N) is 1. The van der Waals surface area contributed by atoms with E-state index in [9.17, 15) is 18.8 Å². The molecule has 1 aromatic rings. The topological polar surface area (TPSA) is 92.9 Å². The molecule has 3 fully saturated rings. The highest BCUT2D eigenvalue weighted by atomic mass is 19.1. The van der Waals surface area contributed by atoms with Gasteiger partial charge in [0, 0.05) is 25.4 Å². The van der Waals surface area contributed by atoms with E-state index >= 15 is 0 Å². The Kier molecular flexibility index (Phi) is 4.05. The van der Waals surface area contributed by atoms with Gasteiger partial charge in [0.05, 0.1) is 17.9 Å². The molecular formula is C18H20FN3O4. The van der Waals surface area contributed by atoms with Gasteiger partial charge in [-0.2, -0.15) is 0 Å². The zero-order valence-corrected chi connectivity index (χ0v) is 14.1. The van der Waals surface area contributed by atoms with Gasteiger partial charge in [-0.3, -0.25) is 9.69 Å². The third-order valence-corrected chi connectivity index (χ3v) is 5.59. The molecule has 2 amide bonds. The Balaban J connectivity index is 1.42. The minimum atomic E-state index is -0.553. The first-order chi connectivity index (χ1) is 12.5. The molecule has 2 N–H and O–H groups in total. The Labute approximate surface area is 149 Å². The maximum absolute atomic E-state index is 14.6. The fourth-order valence-corrected chi connectivity index (χ4v) is 4.08.